The summed E-state index contributed by atoms with van der Waals surface area (Å²) in [4.78, 5) is 0. The monoisotopic (exact) mass is 211 g/mol. The Labute approximate surface area is 75.3 Å². The Bertz CT molecular complexity index is 268. The van der Waals surface area contributed by atoms with Crippen LogP contribution in [0.5, 0.6) is 0 Å². The van der Waals surface area contributed by atoms with E-state index in [1.807, 2.05) is 31.3 Å². The lowest BCUT2D eigenvalue weighted by atomic mass is 10.2. The molecule has 0 amide bonds. The number of hydrogen-bond acceptors (Lipinski definition) is 1. The van der Waals surface area contributed by atoms with Crippen LogP contribution in [0.2, 0.25) is 0 Å². The summed E-state index contributed by atoms with van der Waals surface area (Å²) in [5, 5.41) is 2.99. The molecule has 1 rings (SSSR count). The van der Waals surface area contributed by atoms with E-state index < -0.39 is 0 Å². The highest BCUT2D eigenvalue weighted by Crippen LogP contribution is 2.15. The lowest BCUT2D eigenvalue weighted by Gasteiger charge is -2.03. The second-order valence-corrected chi connectivity index (χ2v) is 3.15. The SMILES string of the molecule is C=C(NC)c1cccc(Br)c1. The summed E-state index contributed by atoms with van der Waals surface area (Å²) in [6, 6.07) is 8.02. The van der Waals surface area contributed by atoms with Crippen molar-refractivity contribution in [2.75, 3.05) is 7.05 Å². The van der Waals surface area contributed by atoms with Gasteiger partial charge < -0.3 is 5.32 Å². The first kappa shape index (κ1) is 8.34. The molecular formula is C9H10BrN. The molecule has 1 aromatic rings. The van der Waals surface area contributed by atoms with Crippen molar-refractivity contribution >= 4 is 21.6 Å². The van der Waals surface area contributed by atoms with Gasteiger partial charge in [-0.2, -0.15) is 0 Å². The lowest BCUT2D eigenvalue weighted by Crippen LogP contribution is -2.02. The summed E-state index contributed by atoms with van der Waals surface area (Å²) in [6.45, 7) is 3.85. The third-order valence-electron chi connectivity index (χ3n) is 1.47. The third-order valence-corrected chi connectivity index (χ3v) is 1.97. The van der Waals surface area contributed by atoms with Crippen LogP contribution in [0.15, 0.2) is 35.3 Å². The molecule has 0 bridgehead atoms. The van der Waals surface area contributed by atoms with E-state index in [2.05, 4.69) is 27.8 Å². The minimum Gasteiger partial charge on any atom is -0.388 e. The van der Waals surface area contributed by atoms with Crippen LogP contribution in [0.1, 0.15) is 5.56 Å². The van der Waals surface area contributed by atoms with Gasteiger partial charge in [0.15, 0.2) is 0 Å². The molecule has 0 aliphatic carbocycles. The van der Waals surface area contributed by atoms with Gasteiger partial charge in [-0.25, -0.2) is 0 Å². The maximum absolute atomic E-state index is 3.85. The normalized spacial score (nSPS) is 9.27. The molecule has 0 aliphatic heterocycles. The van der Waals surface area contributed by atoms with Crippen molar-refractivity contribution in [3.05, 3.63) is 40.9 Å². The van der Waals surface area contributed by atoms with Crippen LogP contribution in [-0.2, 0) is 0 Å². The van der Waals surface area contributed by atoms with Gasteiger partial charge in [-0.15, -0.1) is 0 Å². The third kappa shape index (κ3) is 2.09. The van der Waals surface area contributed by atoms with E-state index in [0.717, 1.165) is 15.7 Å². The fourth-order valence-corrected chi connectivity index (χ4v) is 1.22. The molecule has 0 atom stereocenters. The highest BCUT2D eigenvalue weighted by atomic mass is 79.9. The number of rotatable bonds is 2. The van der Waals surface area contributed by atoms with Gasteiger partial charge in [-0.3, -0.25) is 0 Å². The second kappa shape index (κ2) is 3.58. The number of hydrogen-bond donors (Lipinski definition) is 1. The molecule has 0 aromatic heterocycles. The maximum Gasteiger partial charge on any atom is 0.0338 e. The molecule has 0 saturated heterocycles. The van der Waals surface area contributed by atoms with E-state index in [4.69, 9.17) is 0 Å². The smallest absolute Gasteiger partial charge is 0.0338 e. The van der Waals surface area contributed by atoms with Crippen molar-refractivity contribution in [1.29, 1.82) is 0 Å². The van der Waals surface area contributed by atoms with E-state index in [-0.39, 0.29) is 0 Å². The Balaban J connectivity index is 2.96. The summed E-state index contributed by atoms with van der Waals surface area (Å²) in [6.07, 6.45) is 0. The van der Waals surface area contributed by atoms with Gasteiger partial charge in [0.05, 0.1) is 0 Å². The number of benzene rings is 1. The average Bonchev–Trinajstić information content (AvgIpc) is 2.03. The first-order valence-electron chi connectivity index (χ1n) is 3.36. The number of halogens is 1. The molecule has 0 radical (unpaired) electrons. The van der Waals surface area contributed by atoms with Gasteiger partial charge in [0.25, 0.3) is 0 Å². The van der Waals surface area contributed by atoms with Gasteiger partial charge in [0.1, 0.15) is 0 Å². The molecule has 58 valence electrons. The van der Waals surface area contributed by atoms with Crippen LogP contribution in [0, 0.1) is 0 Å². The quantitative estimate of drug-likeness (QED) is 0.794. The van der Waals surface area contributed by atoms with Crippen LogP contribution in [-0.4, -0.2) is 7.05 Å². The first-order chi connectivity index (χ1) is 5.24. The minimum absolute atomic E-state index is 0.936. The molecule has 1 aromatic carbocycles. The highest BCUT2D eigenvalue weighted by Gasteiger charge is 1.94. The van der Waals surface area contributed by atoms with Crippen LogP contribution in [0.3, 0.4) is 0 Å². The fourth-order valence-electron chi connectivity index (χ4n) is 0.821. The summed E-state index contributed by atoms with van der Waals surface area (Å²) in [5.41, 5.74) is 2.05. The molecule has 0 saturated carbocycles. The van der Waals surface area contributed by atoms with Gasteiger partial charge >= 0.3 is 0 Å². The van der Waals surface area contributed by atoms with Crippen LogP contribution in [0.25, 0.3) is 5.70 Å². The molecule has 2 heteroatoms. The second-order valence-electron chi connectivity index (χ2n) is 2.24. The zero-order valence-electron chi connectivity index (χ0n) is 6.39. The lowest BCUT2D eigenvalue weighted by molar-refractivity contribution is 1.13. The zero-order chi connectivity index (χ0) is 8.27. The Morgan fingerprint density at radius 2 is 2.27 bits per heavy atom. The first-order valence-corrected chi connectivity index (χ1v) is 4.16. The van der Waals surface area contributed by atoms with Crippen molar-refractivity contribution < 1.29 is 0 Å². The standard InChI is InChI=1S/C9H10BrN/c1-7(11-2)8-4-3-5-9(10)6-8/h3-6,11H,1H2,2H3. The Hall–Kier alpha value is -0.760. The van der Waals surface area contributed by atoms with E-state index >= 15 is 0 Å². The van der Waals surface area contributed by atoms with Crippen molar-refractivity contribution in [3.8, 4) is 0 Å². The Morgan fingerprint density at radius 1 is 1.55 bits per heavy atom. The fraction of sp³-hybridized carbons (Fsp3) is 0.111. The van der Waals surface area contributed by atoms with Crippen molar-refractivity contribution in [3.63, 3.8) is 0 Å². The van der Waals surface area contributed by atoms with Gasteiger partial charge in [0.2, 0.25) is 0 Å². The summed E-state index contributed by atoms with van der Waals surface area (Å²) >= 11 is 3.39. The summed E-state index contributed by atoms with van der Waals surface area (Å²) in [7, 11) is 1.86. The average molecular weight is 212 g/mol. The van der Waals surface area contributed by atoms with E-state index in [9.17, 15) is 0 Å². The molecular weight excluding hydrogens is 202 g/mol. The van der Waals surface area contributed by atoms with E-state index in [1.165, 1.54) is 0 Å². The van der Waals surface area contributed by atoms with E-state index in [1.54, 1.807) is 0 Å². The molecule has 0 fully saturated rings. The topological polar surface area (TPSA) is 12.0 Å². The molecule has 0 heterocycles. The van der Waals surface area contributed by atoms with Gasteiger partial charge in [-0.1, -0.05) is 34.6 Å². The molecule has 1 nitrogen and oxygen atoms in total. The number of nitrogens with one attached hydrogen (secondary N) is 1. The maximum atomic E-state index is 3.85. The van der Waals surface area contributed by atoms with Gasteiger partial charge in [-0.05, 0) is 17.7 Å². The summed E-state index contributed by atoms with van der Waals surface area (Å²) in [5.74, 6) is 0. The van der Waals surface area contributed by atoms with Gasteiger partial charge in [0, 0.05) is 17.2 Å². The van der Waals surface area contributed by atoms with Crippen molar-refractivity contribution in [2.45, 2.75) is 0 Å². The Kier molecular flexibility index (Phi) is 2.71. The minimum atomic E-state index is 0.936. The zero-order valence-corrected chi connectivity index (χ0v) is 7.98. The van der Waals surface area contributed by atoms with Crippen LogP contribution < -0.4 is 5.32 Å². The predicted molar refractivity (Wildman–Crippen MR) is 52.2 cm³/mol. The molecule has 0 unspecified atom stereocenters. The van der Waals surface area contributed by atoms with Crippen molar-refractivity contribution in [1.82, 2.24) is 5.32 Å². The van der Waals surface area contributed by atoms with Crippen LogP contribution in [0.4, 0.5) is 0 Å². The van der Waals surface area contributed by atoms with Crippen LogP contribution >= 0.6 is 15.9 Å². The molecule has 11 heavy (non-hydrogen) atoms. The van der Waals surface area contributed by atoms with Crippen molar-refractivity contribution in [2.24, 2.45) is 0 Å². The van der Waals surface area contributed by atoms with E-state index in [0.29, 0.717) is 0 Å². The highest BCUT2D eigenvalue weighted by molar-refractivity contribution is 9.10. The predicted octanol–water partition coefficient (Wildman–Crippen LogP) is 2.64. The molecule has 1 N–H and O–H groups in total. The largest absolute Gasteiger partial charge is 0.388 e. The molecule has 0 aliphatic rings. The Morgan fingerprint density at radius 3 is 2.82 bits per heavy atom. The summed E-state index contributed by atoms with van der Waals surface area (Å²) < 4.78 is 1.08. The molecule has 0 spiro atoms.